The van der Waals surface area contributed by atoms with Gasteiger partial charge in [-0.15, -0.1) is 0 Å². The summed E-state index contributed by atoms with van der Waals surface area (Å²) in [6.45, 7) is 8.92. The van der Waals surface area contributed by atoms with Crippen LogP contribution < -0.4 is 4.90 Å². The molecule has 2 aromatic rings. The molecule has 3 rings (SSSR count). The molecule has 2 aromatic carbocycles. The maximum absolute atomic E-state index is 12.8. The zero-order valence-corrected chi connectivity index (χ0v) is 17.0. The molecule has 1 heterocycles. The fraction of sp³-hybridized carbons (Fsp3) is 0.400. The molecule has 26 heavy (non-hydrogen) atoms. The summed E-state index contributed by atoms with van der Waals surface area (Å²) in [4.78, 5) is 2.58. The number of rotatable bonds is 3. The molecule has 0 spiro atoms. The Bertz CT molecular complexity index is 865. The van der Waals surface area contributed by atoms with Crippen molar-refractivity contribution in [3.05, 3.63) is 59.1 Å². The Morgan fingerprint density at radius 3 is 2.04 bits per heavy atom. The minimum Gasteiger partial charge on any atom is -0.369 e. The van der Waals surface area contributed by atoms with Crippen molar-refractivity contribution in [1.29, 1.82) is 0 Å². The second kappa shape index (κ2) is 7.22. The lowest BCUT2D eigenvalue weighted by molar-refractivity contribution is 0.384. The van der Waals surface area contributed by atoms with E-state index in [1.54, 1.807) is 28.6 Å². The number of anilines is 1. The van der Waals surface area contributed by atoms with Crippen molar-refractivity contribution in [2.24, 2.45) is 0 Å². The lowest BCUT2D eigenvalue weighted by Crippen LogP contribution is -2.49. The standard InChI is InChI=1S/C20H25ClN2O2S/c1-20(2,3)18-6-4-5-7-19(18)22-12-14-23(15-13-22)26(24,25)17-10-8-16(21)9-11-17/h4-11H,12-15H2,1-3H3. The Morgan fingerprint density at radius 1 is 0.885 bits per heavy atom. The first kappa shape index (κ1) is 19.2. The van der Waals surface area contributed by atoms with Gasteiger partial charge in [0.15, 0.2) is 0 Å². The van der Waals surface area contributed by atoms with E-state index in [-0.39, 0.29) is 5.41 Å². The van der Waals surface area contributed by atoms with E-state index in [0.717, 1.165) is 0 Å². The lowest BCUT2D eigenvalue weighted by atomic mass is 9.85. The minimum atomic E-state index is -3.47. The Balaban J connectivity index is 1.77. The van der Waals surface area contributed by atoms with Gasteiger partial charge in [0.2, 0.25) is 10.0 Å². The first-order chi connectivity index (χ1) is 12.2. The van der Waals surface area contributed by atoms with Gasteiger partial charge in [-0.1, -0.05) is 50.6 Å². The predicted octanol–water partition coefficient (Wildman–Crippen LogP) is 4.15. The quantitative estimate of drug-likeness (QED) is 0.787. The van der Waals surface area contributed by atoms with Crippen molar-refractivity contribution in [2.75, 3.05) is 31.1 Å². The number of hydrogen-bond acceptors (Lipinski definition) is 3. The van der Waals surface area contributed by atoms with E-state index in [2.05, 4.69) is 43.9 Å². The summed E-state index contributed by atoms with van der Waals surface area (Å²) in [6, 6.07) is 14.8. The number of sulfonamides is 1. The molecule has 4 nitrogen and oxygen atoms in total. The highest BCUT2D eigenvalue weighted by Crippen LogP contribution is 2.32. The molecule has 140 valence electrons. The highest BCUT2D eigenvalue weighted by atomic mass is 35.5. The summed E-state index contributed by atoms with van der Waals surface area (Å²) < 4.78 is 27.2. The van der Waals surface area contributed by atoms with Crippen LogP contribution in [0.25, 0.3) is 0 Å². The Kier molecular flexibility index (Phi) is 5.33. The number of nitrogens with zero attached hydrogens (tertiary/aromatic N) is 2. The van der Waals surface area contributed by atoms with Crippen molar-refractivity contribution in [3.8, 4) is 0 Å². The molecule has 6 heteroatoms. The molecule has 0 aromatic heterocycles. The number of piperazine rings is 1. The number of halogens is 1. The molecule has 0 saturated carbocycles. The molecule has 0 aliphatic carbocycles. The summed E-state index contributed by atoms with van der Waals surface area (Å²) in [5.41, 5.74) is 2.53. The second-order valence-electron chi connectivity index (χ2n) is 7.61. The average molecular weight is 393 g/mol. The zero-order valence-electron chi connectivity index (χ0n) is 15.4. The first-order valence-corrected chi connectivity index (χ1v) is 10.6. The number of benzene rings is 2. The molecule has 0 N–H and O–H groups in total. The molecule has 0 radical (unpaired) electrons. The van der Waals surface area contributed by atoms with Crippen LogP contribution in [0.3, 0.4) is 0 Å². The topological polar surface area (TPSA) is 40.6 Å². The SMILES string of the molecule is CC(C)(C)c1ccccc1N1CCN(S(=O)(=O)c2ccc(Cl)cc2)CC1. The van der Waals surface area contributed by atoms with Crippen molar-refractivity contribution in [2.45, 2.75) is 31.1 Å². The largest absolute Gasteiger partial charge is 0.369 e. The molecule has 0 bridgehead atoms. The van der Waals surface area contributed by atoms with Crippen molar-refractivity contribution < 1.29 is 8.42 Å². The van der Waals surface area contributed by atoms with Crippen LogP contribution in [-0.4, -0.2) is 38.9 Å². The van der Waals surface area contributed by atoms with Gasteiger partial charge in [0.1, 0.15) is 0 Å². The minimum absolute atomic E-state index is 0.0448. The van der Waals surface area contributed by atoms with Gasteiger partial charge < -0.3 is 4.90 Å². The molecule has 0 unspecified atom stereocenters. The van der Waals surface area contributed by atoms with E-state index in [1.165, 1.54) is 11.3 Å². The third-order valence-corrected chi connectivity index (χ3v) is 6.91. The molecule has 1 saturated heterocycles. The van der Waals surface area contributed by atoms with Gasteiger partial charge in [0.25, 0.3) is 0 Å². The monoisotopic (exact) mass is 392 g/mol. The fourth-order valence-corrected chi connectivity index (χ4v) is 4.86. The fourth-order valence-electron chi connectivity index (χ4n) is 3.31. The van der Waals surface area contributed by atoms with Crippen LogP contribution in [0.4, 0.5) is 5.69 Å². The van der Waals surface area contributed by atoms with Crippen molar-refractivity contribution >= 4 is 27.3 Å². The van der Waals surface area contributed by atoms with E-state index in [1.807, 2.05) is 6.07 Å². The summed E-state index contributed by atoms with van der Waals surface area (Å²) in [5, 5.41) is 0.535. The molecular weight excluding hydrogens is 368 g/mol. The van der Waals surface area contributed by atoms with Crippen LogP contribution in [0, 0.1) is 0 Å². The molecule has 1 fully saturated rings. The summed E-state index contributed by atoms with van der Waals surface area (Å²) in [6.07, 6.45) is 0. The highest BCUT2D eigenvalue weighted by molar-refractivity contribution is 7.89. The van der Waals surface area contributed by atoms with E-state index in [4.69, 9.17) is 11.6 Å². The van der Waals surface area contributed by atoms with Gasteiger partial charge in [0.05, 0.1) is 4.90 Å². The van der Waals surface area contributed by atoms with E-state index in [9.17, 15) is 8.42 Å². The normalized spacial score (nSPS) is 16.7. The summed E-state index contributed by atoms with van der Waals surface area (Å²) in [7, 11) is -3.47. The highest BCUT2D eigenvalue weighted by Gasteiger charge is 2.30. The maximum atomic E-state index is 12.8. The van der Waals surface area contributed by atoms with Crippen LogP contribution in [0.2, 0.25) is 5.02 Å². The first-order valence-electron chi connectivity index (χ1n) is 8.80. The van der Waals surface area contributed by atoms with Crippen LogP contribution in [0.5, 0.6) is 0 Å². The van der Waals surface area contributed by atoms with Gasteiger partial charge >= 0.3 is 0 Å². The molecular formula is C20H25ClN2O2S. The van der Waals surface area contributed by atoms with Gasteiger partial charge in [-0.25, -0.2) is 8.42 Å². The number of hydrogen-bond donors (Lipinski definition) is 0. The molecule has 1 aliphatic heterocycles. The smallest absolute Gasteiger partial charge is 0.243 e. The van der Waals surface area contributed by atoms with Crippen LogP contribution in [-0.2, 0) is 15.4 Å². The third kappa shape index (κ3) is 3.90. The third-order valence-electron chi connectivity index (χ3n) is 4.74. The van der Waals surface area contributed by atoms with Crippen LogP contribution in [0.1, 0.15) is 26.3 Å². The Hall–Kier alpha value is -1.56. The van der Waals surface area contributed by atoms with Crippen LogP contribution in [0.15, 0.2) is 53.4 Å². The van der Waals surface area contributed by atoms with E-state index >= 15 is 0 Å². The molecule has 1 aliphatic rings. The maximum Gasteiger partial charge on any atom is 0.243 e. The summed E-state index contributed by atoms with van der Waals surface area (Å²) >= 11 is 5.87. The summed E-state index contributed by atoms with van der Waals surface area (Å²) in [5.74, 6) is 0. The lowest BCUT2D eigenvalue weighted by Gasteiger charge is -2.38. The molecule has 0 atom stereocenters. The van der Waals surface area contributed by atoms with Crippen molar-refractivity contribution in [3.63, 3.8) is 0 Å². The average Bonchev–Trinajstić information content (AvgIpc) is 2.61. The number of para-hydroxylation sites is 1. The van der Waals surface area contributed by atoms with E-state index in [0.29, 0.717) is 36.1 Å². The van der Waals surface area contributed by atoms with Gasteiger partial charge in [-0.2, -0.15) is 4.31 Å². The Labute approximate surface area is 161 Å². The van der Waals surface area contributed by atoms with Crippen molar-refractivity contribution in [1.82, 2.24) is 4.31 Å². The van der Waals surface area contributed by atoms with Gasteiger partial charge in [-0.3, -0.25) is 0 Å². The molecule has 0 amide bonds. The predicted molar refractivity (Wildman–Crippen MR) is 108 cm³/mol. The van der Waals surface area contributed by atoms with E-state index < -0.39 is 10.0 Å². The van der Waals surface area contributed by atoms with Gasteiger partial charge in [0, 0.05) is 36.9 Å². The van der Waals surface area contributed by atoms with Crippen LogP contribution >= 0.6 is 11.6 Å². The second-order valence-corrected chi connectivity index (χ2v) is 9.99. The van der Waals surface area contributed by atoms with Gasteiger partial charge in [-0.05, 0) is 41.3 Å². The zero-order chi connectivity index (χ0) is 18.9. The Morgan fingerprint density at radius 2 is 1.46 bits per heavy atom.